The number of hydrogen-bond donors (Lipinski definition) is 1. The summed E-state index contributed by atoms with van der Waals surface area (Å²) in [5.41, 5.74) is 1.73. The van der Waals surface area contributed by atoms with E-state index in [2.05, 4.69) is 55.6 Å². The summed E-state index contributed by atoms with van der Waals surface area (Å²) >= 11 is 0. The zero-order valence-electron chi connectivity index (χ0n) is 16.6. The molecule has 0 saturated carbocycles. The molecular weight excluding hydrogens is 354 g/mol. The van der Waals surface area contributed by atoms with Gasteiger partial charge in [-0.2, -0.15) is 4.98 Å². The van der Waals surface area contributed by atoms with Crippen molar-refractivity contribution in [2.45, 2.75) is 38.8 Å². The van der Waals surface area contributed by atoms with Crippen LogP contribution in [0.1, 0.15) is 47.8 Å². The van der Waals surface area contributed by atoms with Crippen molar-refractivity contribution in [3.05, 3.63) is 47.6 Å². The number of hydrogen-bond acceptors (Lipinski definition) is 6. The van der Waals surface area contributed by atoms with Gasteiger partial charge in [-0.1, -0.05) is 35.5 Å². The Morgan fingerprint density at radius 1 is 1.11 bits per heavy atom. The lowest BCUT2D eigenvalue weighted by Crippen LogP contribution is -2.51. The number of nitrogens with zero attached hydrogens (tertiary/aromatic N) is 4. The van der Waals surface area contributed by atoms with E-state index in [1.54, 1.807) is 7.05 Å². The molecule has 2 aliphatic heterocycles. The molecule has 2 fully saturated rings. The number of likely N-dealkylation sites (tertiary alicyclic amines) is 2. The van der Waals surface area contributed by atoms with E-state index in [0.717, 1.165) is 26.2 Å². The molecule has 3 heterocycles. The average molecular weight is 383 g/mol. The molecule has 1 aromatic carbocycles. The van der Waals surface area contributed by atoms with Crippen molar-refractivity contribution in [3.63, 3.8) is 0 Å². The van der Waals surface area contributed by atoms with Crippen LogP contribution < -0.4 is 5.32 Å². The fraction of sp³-hybridized carbons (Fsp3) is 0.571. The first-order valence-electron chi connectivity index (χ1n) is 10.2. The third kappa shape index (κ3) is 4.42. The predicted molar refractivity (Wildman–Crippen MR) is 106 cm³/mol. The maximum absolute atomic E-state index is 11.6. The molecule has 7 heteroatoms. The zero-order valence-corrected chi connectivity index (χ0v) is 16.6. The molecule has 0 aliphatic carbocycles. The van der Waals surface area contributed by atoms with Gasteiger partial charge in [-0.25, -0.2) is 0 Å². The standard InChI is InChI=1S/C21H29N5O2/c1-22-20(27)19-23-18(28-24-19)14-26-12-6-10-21(16-26)9-5-11-25(15-21)13-17-7-3-2-4-8-17/h2-4,7-8H,5-6,9-16H2,1H3,(H,22,27). The summed E-state index contributed by atoms with van der Waals surface area (Å²) in [5.74, 6) is 0.317. The van der Waals surface area contributed by atoms with E-state index in [0.29, 0.717) is 17.9 Å². The second kappa shape index (κ2) is 8.41. The van der Waals surface area contributed by atoms with Crippen molar-refractivity contribution in [2.24, 2.45) is 5.41 Å². The van der Waals surface area contributed by atoms with Crippen LogP contribution in [0.4, 0.5) is 0 Å². The molecule has 2 aliphatic rings. The molecular formula is C21H29N5O2. The van der Waals surface area contributed by atoms with Gasteiger partial charge in [-0.3, -0.25) is 14.6 Å². The Morgan fingerprint density at radius 3 is 2.46 bits per heavy atom. The lowest BCUT2D eigenvalue weighted by Gasteiger charge is -2.48. The van der Waals surface area contributed by atoms with E-state index >= 15 is 0 Å². The highest BCUT2D eigenvalue weighted by atomic mass is 16.5. The Balaban J connectivity index is 1.38. The predicted octanol–water partition coefficient (Wildman–Crippen LogP) is 2.31. The second-order valence-electron chi connectivity index (χ2n) is 8.20. The summed E-state index contributed by atoms with van der Waals surface area (Å²) in [4.78, 5) is 20.9. The summed E-state index contributed by atoms with van der Waals surface area (Å²) in [6.45, 7) is 6.06. The zero-order chi connectivity index (χ0) is 19.4. The highest BCUT2D eigenvalue weighted by molar-refractivity contribution is 5.89. The van der Waals surface area contributed by atoms with Gasteiger partial charge in [0.2, 0.25) is 5.89 Å². The van der Waals surface area contributed by atoms with Crippen LogP contribution in [0.2, 0.25) is 0 Å². The van der Waals surface area contributed by atoms with Crippen LogP contribution in [0.25, 0.3) is 0 Å². The van der Waals surface area contributed by atoms with Crippen molar-refractivity contribution < 1.29 is 9.32 Å². The van der Waals surface area contributed by atoms with Gasteiger partial charge in [0, 0.05) is 26.7 Å². The van der Waals surface area contributed by atoms with Crippen LogP contribution in [-0.2, 0) is 13.1 Å². The minimum Gasteiger partial charge on any atom is -0.352 e. The van der Waals surface area contributed by atoms with Gasteiger partial charge in [-0.05, 0) is 49.8 Å². The molecule has 0 bridgehead atoms. The molecule has 1 N–H and O–H groups in total. The molecule has 1 amide bonds. The number of aromatic nitrogens is 2. The quantitative estimate of drug-likeness (QED) is 0.854. The van der Waals surface area contributed by atoms with Gasteiger partial charge >= 0.3 is 0 Å². The maximum atomic E-state index is 11.6. The number of rotatable bonds is 5. The SMILES string of the molecule is CNC(=O)c1noc(CN2CCCC3(CCCN(Cc4ccccc4)C3)C2)n1. The van der Waals surface area contributed by atoms with Gasteiger partial charge in [0.1, 0.15) is 0 Å². The lowest BCUT2D eigenvalue weighted by molar-refractivity contribution is 0.00462. The minimum absolute atomic E-state index is 0.107. The van der Waals surface area contributed by atoms with Gasteiger partial charge in [0.15, 0.2) is 0 Å². The molecule has 2 saturated heterocycles. The van der Waals surface area contributed by atoms with Crippen LogP contribution in [0, 0.1) is 5.41 Å². The summed E-state index contributed by atoms with van der Waals surface area (Å²) in [5, 5.41) is 6.31. The molecule has 150 valence electrons. The second-order valence-corrected chi connectivity index (χ2v) is 8.20. The van der Waals surface area contributed by atoms with Gasteiger partial charge in [0.25, 0.3) is 11.7 Å². The van der Waals surface area contributed by atoms with E-state index < -0.39 is 0 Å². The third-order valence-electron chi connectivity index (χ3n) is 5.99. The molecule has 2 aromatic rings. The van der Waals surface area contributed by atoms with Crippen LogP contribution in [0.5, 0.6) is 0 Å². The summed E-state index contributed by atoms with van der Waals surface area (Å²) in [6, 6.07) is 10.7. The normalized spacial score (nSPS) is 23.8. The van der Waals surface area contributed by atoms with Crippen LogP contribution in [0.15, 0.2) is 34.9 Å². The Labute approximate surface area is 166 Å². The highest BCUT2D eigenvalue weighted by Gasteiger charge is 2.39. The molecule has 1 atom stereocenters. The number of carbonyl (C=O) groups is 1. The molecule has 1 aromatic heterocycles. The number of benzene rings is 1. The smallest absolute Gasteiger partial charge is 0.292 e. The van der Waals surface area contributed by atoms with E-state index in [-0.39, 0.29) is 11.7 Å². The Morgan fingerprint density at radius 2 is 1.79 bits per heavy atom. The first-order chi connectivity index (χ1) is 13.7. The largest absolute Gasteiger partial charge is 0.352 e. The van der Waals surface area contributed by atoms with Crippen molar-refractivity contribution in [1.29, 1.82) is 0 Å². The van der Waals surface area contributed by atoms with Gasteiger partial charge < -0.3 is 9.84 Å². The first-order valence-corrected chi connectivity index (χ1v) is 10.2. The van der Waals surface area contributed by atoms with Crippen molar-refractivity contribution in [1.82, 2.24) is 25.3 Å². The lowest BCUT2D eigenvalue weighted by atomic mass is 9.73. The van der Waals surface area contributed by atoms with E-state index in [4.69, 9.17) is 4.52 Å². The van der Waals surface area contributed by atoms with Crippen molar-refractivity contribution >= 4 is 5.91 Å². The van der Waals surface area contributed by atoms with Crippen molar-refractivity contribution in [2.75, 3.05) is 33.2 Å². The molecule has 1 unspecified atom stereocenters. The average Bonchev–Trinajstić information content (AvgIpc) is 3.17. The number of nitrogens with one attached hydrogen (secondary N) is 1. The summed E-state index contributed by atoms with van der Waals surface area (Å²) < 4.78 is 5.29. The maximum Gasteiger partial charge on any atom is 0.292 e. The van der Waals surface area contributed by atoms with E-state index in [1.807, 2.05) is 0 Å². The highest BCUT2D eigenvalue weighted by Crippen LogP contribution is 2.39. The fourth-order valence-corrected chi connectivity index (χ4v) is 4.78. The number of piperidine rings is 2. The molecule has 7 nitrogen and oxygen atoms in total. The van der Waals surface area contributed by atoms with Gasteiger partial charge in [-0.15, -0.1) is 0 Å². The van der Waals surface area contributed by atoms with Crippen LogP contribution >= 0.6 is 0 Å². The number of carbonyl (C=O) groups excluding carboxylic acids is 1. The van der Waals surface area contributed by atoms with E-state index in [9.17, 15) is 4.79 Å². The third-order valence-corrected chi connectivity index (χ3v) is 5.99. The molecule has 28 heavy (non-hydrogen) atoms. The van der Waals surface area contributed by atoms with Crippen LogP contribution in [0.3, 0.4) is 0 Å². The Bertz CT molecular complexity index is 789. The molecule has 4 rings (SSSR count). The topological polar surface area (TPSA) is 74.5 Å². The van der Waals surface area contributed by atoms with Crippen molar-refractivity contribution in [3.8, 4) is 0 Å². The van der Waals surface area contributed by atoms with Gasteiger partial charge in [0.05, 0.1) is 6.54 Å². The monoisotopic (exact) mass is 383 g/mol. The fourth-order valence-electron chi connectivity index (χ4n) is 4.78. The summed E-state index contributed by atoms with van der Waals surface area (Å²) in [6.07, 6.45) is 5.00. The molecule has 1 spiro atoms. The van der Waals surface area contributed by atoms with E-state index in [1.165, 1.54) is 37.8 Å². The number of amides is 1. The van der Waals surface area contributed by atoms with Crippen LogP contribution in [-0.4, -0.2) is 59.1 Å². The minimum atomic E-state index is -0.311. The molecule has 0 radical (unpaired) electrons. The first kappa shape index (κ1) is 19.1. The summed E-state index contributed by atoms with van der Waals surface area (Å²) in [7, 11) is 1.57. The Hall–Kier alpha value is -2.25. The Kier molecular flexibility index (Phi) is 5.73.